The van der Waals surface area contributed by atoms with Gasteiger partial charge in [0.2, 0.25) is 0 Å². The molecular weight excluding hydrogens is 354 g/mol. The highest BCUT2D eigenvalue weighted by Crippen LogP contribution is 2.32. The number of rotatable bonds is 7. The Morgan fingerprint density at radius 2 is 1.58 bits per heavy atom. The first kappa shape index (κ1) is 18.1. The van der Waals surface area contributed by atoms with E-state index < -0.39 is 16.0 Å². The number of benzene rings is 2. The van der Waals surface area contributed by atoms with E-state index in [1.807, 2.05) is 0 Å². The van der Waals surface area contributed by atoms with Crippen LogP contribution in [0.3, 0.4) is 0 Å². The smallest absolute Gasteiger partial charge is 0.338 e. The third kappa shape index (κ3) is 4.11. The number of hydrogen-bond donors (Lipinski definition) is 1. The van der Waals surface area contributed by atoms with Crippen LogP contribution in [-0.4, -0.2) is 26.8 Å². The molecule has 0 atom stereocenters. The number of ketones is 1. The predicted octanol–water partition coefficient (Wildman–Crippen LogP) is 3.26. The molecule has 1 N–H and O–H groups in total. The van der Waals surface area contributed by atoms with Gasteiger partial charge in [-0.1, -0.05) is 12.1 Å². The summed E-state index contributed by atoms with van der Waals surface area (Å²) >= 11 is 0. The number of anilines is 1. The van der Waals surface area contributed by atoms with Crippen molar-refractivity contribution in [2.45, 2.75) is 24.7 Å². The average Bonchev–Trinajstić information content (AvgIpc) is 3.47. The van der Waals surface area contributed by atoms with Gasteiger partial charge in [0.1, 0.15) is 0 Å². The molecule has 1 aliphatic carbocycles. The minimum atomic E-state index is -3.78. The van der Waals surface area contributed by atoms with Crippen LogP contribution in [0.25, 0.3) is 0 Å². The first-order valence-corrected chi connectivity index (χ1v) is 9.83. The van der Waals surface area contributed by atoms with E-state index in [-0.39, 0.29) is 23.2 Å². The van der Waals surface area contributed by atoms with Crippen molar-refractivity contribution in [3.63, 3.8) is 0 Å². The molecule has 0 aliphatic heterocycles. The quantitative estimate of drug-likeness (QED) is 0.594. The van der Waals surface area contributed by atoms with Crippen LogP contribution in [0.2, 0.25) is 0 Å². The van der Waals surface area contributed by atoms with Crippen molar-refractivity contribution in [1.29, 1.82) is 0 Å². The second-order valence-electron chi connectivity index (χ2n) is 6.07. The second kappa shape index (κ2) is 7.29. The highest BCUT2D eigenvalue weighted by atomic mass is 32.2. The molecule has 0 spiro atoms. The summed E-state index contributed by atoms with van der Waals surface area (Å²) in [5, 5.41) is 0. The lowest BCUT2D eigenvalue weighted by atomic mass is 10.1. The van der Waals surface area contributed by atoms with E-state index >= 15 is 0 Å². The van der Waals surface area contributed by atoms with Crippen molar-refractivity contribution in [1.82, 2.24) is 0 Å². The summed E-state index contributed by atoms with van der Waals surface area (Å²) in [5.74, 6) is -0.303. The summed E-state index contributed by atoms with van der Waals surface area (Å²) in [6.07, 6.45) is 1.81. The monoisotopic (exact) mass is 373 g/mol. The van der Waals surface area contributed by atoms with Gasteiger partial charge in [-0.05, 0) is 56.2 Å². The Morgan fingerprint density at radius 3 is 2.12 bits per heavy atom. The Balaban J connectivity index is 1.72. The van der Waals surface area contributed by atoms with Gasteiger partial charge in [0.15, 0.2) is 5.78 Å². The lowest BCUT2D eigenvalue weighted by Crippen LogP contribution is -2.13. The van der Waals surface area contributed by atoms with E-state index in [1.54, 1.807) is 19.1 Å². The molecule has 136 valence electrons. The van der Waals surface area contributed by atoms with Gasteiger partial charge in [-0.3, -0.25) is 9.52 Å². The van der Waals surface area contributed by atoms with Crippen molar-refractivity contribution in [2.75, 3.05) is 11.3 Å². The van der Waals surface area contributed by atoms with Gasteiger partial charge in [0.05, 0.1) is 17.1 Å². The summed E-state index contributed by atoms with van der Waals surface area (Å²) in [5.41, 5.74) is 1.21. The molecule has 2 aromatic carbocycles. The summed E-state index contributed by atoms with van der Waals surface area (Å²) in [4.78, 5) is 23.7. The molecule has 2 aromatic rings. The van der Waals surface area contributed by atoms with Crippen molar-refractivity contribution < 1.29 is 22.7 Å². The summed E-state index contributed by atoms with van der Waals surface area (Å²) in [6.45, 7) is 1.98. The number of ether oxygens (including phenoxy) is 1. The standard InChI is InChI=1S/C19H19NO5S/c1-2-25-19(22)15-5-9-16(10-6-15)20-26(23,24)17-11-7-14(8-12-17)18(21)13-3-4-13/h5-13,20H,2-4H2,1H3. The molecule has 0 heterocycles. The largest absolute Gasteiger partial charge is 0.462 e. The van der Waals surface area contributed by atoms with E-state index in [0.717, 1.165) is 12.8 Å². The van der Waals surface area contributed by atoms with Crippen LogP contribution in [0, 0.1) is 5.92 Å². The van der Waals surface area contributed by atoms with Crippen molar-refractivity contribution >= 4 is 27.5 Å². The number of Topliss-reactive ketones (excluding diaryl/α,β-unsaturated/α-hetero) is 1. The lowest BCUT2D eigenvalue weighted by Gasteiger charge is -2.09. The maximum atomic E-state index is 12.5. The van der Waals surface area contributed by atoms with Gasteiger partial charge in [0.25, 0.3) is 10.0 Å². The number of carbonyl (C=O) groups is 2. The van der Waals surface area contributed by atoms with E-state index in [4.69, 9.17) is 4.74 Å². The average molecular weight is 373 g/mol. The first-order valence-electron chi connectivity index (χ1n) is 8.35. The molecule has 7 heteroatoms. The number of sulfonamides is 1. The van der Waals surface area contributed by atoms with Crippen LogP contribution in [0.4, 0.5) is 5.69 Å². The molecule has 1 aliphatic rings. The Kier molecular flexibility index (Phi) is 5.08. The van der Waals surface area contributed by atoms with Crippen molar-refractivity contribution in [2.24, 2.45) is 5.92 Å². The molecule has 6 nitrogen and oxygen atoms in total. The SMILES string of the molecule is CCOC(=O)c1ccc(NS(=O)(=O)c2ccc(C(=O)C3CC3)cc2)cc1. The molecule has 1 fully saturated rings. The van der Waals surface area contributed by atoms with Crippen LogP contribution < -0.4 is 4.72 Å². The molecule has 0 radical (unpaired) electrons. The highest BCUT2D eigenvalue weighted by Gasteiger charge is 2.30. The molecule has 0 saturated heterocycles. The number of carbonyl (C=O) groups excluding carboxylic acids is 2. The molecule has 1 saturated carbocycles. The third-order valence-corrected chi connectivity index (χ3v) is 5.44. The normalized spacial score (nSPS) is 13.9. The van der Waals surface area contributed by atoms with Crippen LogP contribution in [-0.2, 0) is 14.8 Å². The van der Waals surface area contributed by atoms with Gasteiger partial charge < -0.3 is 4.74 Å². The van der Waals surface area contributed by atoms with Crippen molar-refractivity contribution in [3.8, 4) is 0 Å². The fraction of sp³-hybridized carbons (Fsp3) is 0.263. The zero-order valence-electron chi connectivity index (χ0n) is 14.3. The number of nitrogens with one attached hydrogen (secondary N) is 1. The molecule has 3 rings (SSSR count). The number of esters is 1. The summed E-state index contributed by atoms with van der Waals surface area (Å²) in [7, 11) is -3.78. The molecule has 0 aromatic heterocycles. The zero-order chi connectivity index (χ0) is 18.7. The Bertz CT molecular complexity index is 913. The summed E-state index contributed by atoms with van der Waals surface area (Å²) < 4.78 is 32.3. The Labute approximate surface area is 152 Å². The molecule has 0 amide bonds. The van der Waals surface area contributed by atoms with Crippen LogP contribution in [0.1, 0.15) is 40.5 Å². The lowest BCUT2D eigenvalue weighted by molar-refractivity contribution is 0.0526. The Morgan fingerprint density at radius 1 is 1.00 bits per heavy atom. The van der Waals surface area contributed by atoms with Gasteiger partial charge in [-0.2, -0.15) is 0 Å². The van der Waals surface area contributed by atoms with Gasteiger partial charge in [-0.15, -0.1) is 0 Å². The van der Waals surface area contributed by atoms with Gasteiger partial charge >= 0.3 is 5.97 Å². The molecule has 0 bridgehead atoms. The predicted molar refractivity (Wildman–Crippen MR) is 96.7 cm³/mol. The van der Waals surface area contributed by atoms with Crippen molar-refractivity contribution in [3.05, 3.63) is 59.7 Å². The Hall–Kier alpha value is -2.67. The molecule has 26 heavy (non-hydrogen) atoms. The highest BCUT2D eigenvalue weighted by molar-refractivity contribution is 7.92. The van der Waals surface area contributed by atoms with Crippen LogP contribution in [0.15, 0.2) is 53.4 Å². The zero-order valence-corrected chi connectivity index (χ0v) is 15.1. The fourth-order valence-electron chi connectivity index (χ4n) is 2.48. The minimum absolute atomic E-state index is 0.0662. The van der Waals surface area contributed by atoms with E-state index in [1.165, 1.54) is 36.4 Å². The number of hydrogen-bond acceptors (Lipinski definition) is 5. The van der Waals surface area contributed by atoms with E-state index in [9.17, 15) is 18.0 Å². The fourth-order valence-corrected chi connectivity index (χ4v) is 3.54. The van der Waals surface area contributed by atoms with Gasteiger partial charge in [0, 0.05) is 17.2 Å². The van der Waals surface area contributed by atoms with Crippen LogP contribution >= 0.6 is 0 Å². The minimum Gasteiger partial charge on any atom is -0.462 e. The second-order valence-corrected chi connectivity index (χ2v) is 7.75. The third-order valence-electron chi connectivity index (χ3n) is 4.05. The van der Waals surface area contributed by atoms with Gasteiger partial charge in [-0.25, -0.2) is 13.2 Å². The molecule has 0 unspecified atom stereocenters. The summed E-state index contributed by atoms with van der Waals surface area (Å²) in [6, 6.07) is 11.9. The maximum absolute atomic E-state index is 12.5. The maximum Gasteiger partial charge on any atom is 0.338 e. The first-order chi connectivity index (χ1) is 12.4. The topological polar surface area (TPSA) is 89.5 Å². The molecular formula is C19H19NO5S. The van der Waals surface area contributed by atoms with E-state index in [2.05, 4.69) is 4.72 Å². The van der Waals surface area contributed by atoms with Crippen LogP contribution in [0.5, 0.6) is 0 Å². The van der Waals surface area contributed by atoms with E-state index in [0.29, 0.717) is 16.8 Å².